The molecule has 0 aromatic heterocycles. The summed E-state index contributed by atoms with van der Waals surface area (Å²) in [4.78, 5) is 14.9. The van der Waals surface area contributed by atoms with E-state index in [1.807, 2.05) is 0 Å². The molecule has 0 spiro atoms. The van der Waals surface area contributed by atoms with Gasteiger partial charge in [0.1, 0.15) is 0 Å². The van der Waals surface area contributed by atoms with Gasteiger partial charge in [0.2, 0.25) is 0 Å². The zero-order valence-corrected chi connectivity index (χ0v) is 10.5. The highest BCUT2D eigenvalue weighted by Crippen LogP contribution is 2.26. The van der Waals surface area contributed by atoms with Gasteiger partial charge >= 0.3 is 0 Å². The summed E-state index contributed by atoms with van der Waals surface area (Å²) in [6.45, 7) is 6.92. The van der Waals surface area contributed by atoms with Gasteiger partial charge in [-0.1, -0.05) is 6.92 Å². The average Bonchev–Trinajstić information content (AvgIpc) is 2.38. The second-order valence-corrected chi connectivity index (χ2v) is 4.46. The van der Waals surface area contributed by atoms with E-state index in [2.05, 4.69) is 16.7 Å². The van der Waals surface area contributed by atoms with E-state index in [0.717, 1.165) is 38.4 Å². The molecule has 0 saturated carbocycles. The van der Waals surface area contributed by atoms with Crippen LogP contribution in [0.5, 0.6) is 0 Å². The third-order valence-electron chi connectivity index (χ3n) is 3.32. The minimum Gasteiger partial charge on any atom is -0.398 e. The normalized spacial score (nSPS) is 16.8. The van der Waals surface area contributed by atoms with Crippen LogP contribution < -0.4 is 10.6 Å². The largest absolute Gasteiger partial charge is 0.398 e. The van der Waals surface area contributed by atoms with E-state index < -0.39 is 4.92 Å². The third kappa shape index (κ3) is 2.70. The van der Waals surface area contributed by atoms with Crippen molar-refractivity contribution in [3.8, 4) is 0 Å². The number of anilines is 2. The van der Waals surface area contributed by atoms with Crippen LogP contribution in [0.2, 0.25) is 0 Å². The SMILES string of the molecule is CCN1CCN(c2cc(N)cc([N+](=O)[O-])c2)CC1. The van der Waals surface area contributed by atoms with E-state index in [0.29, 0.717) is 5.69 Å². The van der Waals surface area contributed by atoms with Gasteiger partial charge in [-0.05, 0) is 12.6 Å². The first-order chi connectivity index (χ1) is 8.60. The van der Waals surface area contributed by atoms with E-state index >= 15 is 0 Å². The van der Waals surface area contributed by atoms with Crippen molar-refractivity contribution in [1.82, 2.24) is 4.90 Å². The summed E-state index contributed by atoms with van der Waals surface area (Å²) in [7, 11) is 0. The highest BCUT2D eigenvalue weighted by molar-refractivity contribution is 5.62. The molecule has 2 rings (SSSR count). The predicted molar refractivity (Wildman–Crippen MR) is 71.8 cm³/mol. The zero-order valence-electron chi connectivity index (χ0n) is 10.5. The first kappa shape index (κ1) is 12.6. The number of nitrogen functional groups attached to an aromatic ring is 1. The number of rotatable bonds is 3. The molecule has 6 nitrogen and oxygen atoms in total. The Bertz CT molecular complexity index is 442. The van der Waals surface area contributed by atoms with Crippen LogP contribution in [0.1, 0.15) is 6.92 Å². The molecule has 1 aromatic carbocycles. The van der Waals surface area contributed by atoms with Gasteiger partial charge in [-0.15, -0.1) is 0 Å². The summed E-state index contributed by atoms with van der Waals surface area (Å²) in [6.07, 6.45) is 0. The second-order valence-electron chi connectivity index (χ2n) is 4.46. The monoisotopic (exact) mass is 250 g/mol. The van der Waals surface area contributed by atoms with Gasteiger partial charge in [0.15, 0.2) is 0 Å². The maximum Gasteiger partial charge on any atom is 0.273 e. The highest BCUT2D eigenvalue weighted by atomic mass is 16.6. The number of likely N-dealkylation sites (N-methyl/N-ethyl adjacent to an activating group) is 1. The van der Waals surface area contributed by atoms with Crippen LogP contribution in [0.15, 0.2) is 18.2 Å². The van der Waals surface area contributed by atoms with E-state index in [9.17, 15) is 10.1 Å². The Kier molecular flexibility index (Phi) is 3.66. The van der Waals surface area contributed by atoms with Crippen LogP contribution in [0.4, 0.5) is 17.1 Å². The first-order valence-electron chi connectivity index (χ1n) is 6.12. The smallest absolute Gasteiger partial charge is 0.273 e. The van der Waals surface area contributed by atoms with Crippen molar-refractivity contribution in [3.63, 3.8) is 0 Å². The minimum atomic E-state index is -0.401. The Morgan fingerprint density at radius 1 is 1.28 bits per heavy atom. The van der Waals surface area contributed by atoms with Crippen LogP contribution in [-0.2, 0) is 0 Å². The lowest BCUT2D eigenvalue weighted by atomic mass is 10.2. The van der Waals surface area contributed by atoms with Crippen molar-refractivity contribution < 1.29 is 4.92 Å². The van der Waals surface area contributed by atoms with Gasteiger partial charge in [-0.2, -0.15) is 0 Å². The molecule has 6 heteroatoms. The summed E-state index contributed by atoms with van der Waals surface area (Å²) in [6, 6.07) is 4.79. The van der Waals surface area contributed by atoms with Gasteiger partial charge < -0.3 is 15.5 Å². The van der Waals surface area contributed by atoms with Crippen molar-refractivity contribution >= 4 is 17.1 Å². The maximum atomic E-state index is 10.8. The van der Waals surface area contributed by atoms with Crippen LogP contribution in [-0.4, -0.2) is 42.5 Å². The lowest BCUT2D eigenvalue weighted by molar-refractivity contribution is -0.384. The van der Waals surface area contributed by atoms with Gasteiger partial charge in [-0.25, -0.2) is 0 Å². The molecule has 2 N–H and O–H groups in total. The first-order valence-corrected chi connectivity index (χ1v) is 6.12. The van der Waals surface area contributed by atoms with Crippen molar-refractivity contribution in [2.75, 3.05) is 43.4 Å². The van der Waals surface area contributed by atoms with Crippen LogP contribution in [0.25, 0.3) is 0 Å². The third-order valence-corrected chi connectivity index (χ3v) is 3.32. The summed E-state index contributed by atoms with van der Waals surface area (Å²) in [5.41, 5.74) is 7.06. The van der Waals surface area contributed by atoms with E-state index in [1.165, 1.54) is 6.07 Å². The second kappa shape index (κ2) is 5.22. The Labute approximate surface area is 106 Å². The average molecular weight is 250 g/mol. The molecular formula is C12H18N4O2. The van der Waals surface area contributed by atoms with Crippen molar-refractivity contribution in [1.29, 1.82) is 0 Å². The molecule has 98 valence electrons. The molecule has 0 radical (unpaired) electrons. The number of piperazine rings is 1. The van der Waals surface area contributed by atoms with Gasteiger partial charge in [0, 0.05) is 49.7 Å². The highest BCUT2D eigenvalue weighted by Gasteiger charge is 2.18. The number of nitrogens with zero attached hydrogens (tertiary/aromatic N) is 3. The van der Waals surface area contributed by atoms with E-state index in [4.69, 9.17) is 5.73 Å². The van der Waals surface area contributed by atoms with Crippen molar-refractivity contribution in [2.24, 2.45) is 0 Å². The summed E-state index contributed by atoms with van der Waals surface area (Å²) in [5, 5.41) is 10.8. The standard InChI is InChI=1S/C12H18N4O2/c1-2-14-3-5-15(6-4-14)11-7-10(13)8-12(9-11)16(17)18/h7-9H,2-6,13H2,1H3. The minimum absolute atomic E-state index is 0.0583. The van der Waals surface area contributed by atoms with Crippen LogP contribution in [0.3, 0.4) is 0 Å². The lowest BCUT2D eigenvalue weighted by Gasteiger charge is -2.35. The summed E-state index contributed by atoms with van der Waals surface area (Å²) < 4.78 is 0. The molecule has 1 aliphatic rings. The number of nitro benzene ring substituents is 1. The summed E-state index contributed by atoms with van der Waals surface area (Å²) >= 11 is 0. The molecule has 0 aliphatic carbocycles. The molecule has 1 heterocycles. The van der Waals surface area contributed by atoms with Gasteiger partial charge in [0.05, 0.1) is 4.92 Å². The molecule has 0 bridgehead atoms. The Hall–Kier alpha value is -1.82. The molecule has 1 saturated heterocycles. The molecule has 0 amide bonds. The predicted octanol–water partition coefficient (Wildman–Crippen LogP) is 1.32. The molecule has 1 aliphatic heterocycles. The molecular weight excluding hydrogens is 232 g/mol. The van der Waals surface area contributed by atoms with E-state index in [-0.39, 0.29) is 5.69 Å². The van der Waals surface area contributed by atoms with Crippen LogP contribution in [0, 0.1) is 10.1 Å². The number of nitro groups is 1. The fourth-order valence-electron chi connectivity index (χ4n) is 2.23. The quantitative estimate of drug-likeness (QED) is 0.497. The number of hydrogen-bond donors (Lipinski definition) is 1. The fourth-order valence-corrected chi connectivity index (χ4v) is 2.23. The molecule has 18 heavy (non-hydrogen) atoms. The van der Waals surface area contributed by atoms with Crippen LogP contribution >= 0.6 is 0 Å². The lowest BCUT2D eigenvalue weighted by Crippen LogP contribution is -2.46. The maximum absolute atomic E-state index is 10.8. The number of nitrogens with two attached hydrogens (primary N) is 1. The van der Waals surface area contributed by atoms with E-state index in [1.54, 1.807) is 12.1 Å². The Balaban J connectivity index is 2.16. The molecule has 1 fully saturated rings. The van der Waals surface area contributed by atoms with Crippen molar-refractivity contribution in [2.45, 2.75) is 6.92 Å². The Morgan fingerprint density at radius 3 is 2.50 bits per heavy atom. The number of non-ortho nitro benzene ring substituents is 1. The van der Waals surface area contributed by atoms with Gasteiger partial charge in [-0.3, -0.25) is 10.1 Å². The molecule has 1 aromatic rings. The number of benzene rings is 1. The zero-order chi connectivity index (χ0) is 13.1. The van der Waals surface area contributed by atoms with Crippen molar-refractivity contribution in [3.05, 3.63) is 28.3 Å². The fraction of sp³-hybridized carbons (Fsp3) is 0.500. The Morgan fingerprint density at radius 2 is 1.94 bits per heavy atom. The topological polar surface area (TPSA) is 75.6 Å². The molecule has 0 unspecified atom stereocenters. The molecule has 0 atom stereocenters. The summed E-state index contributed by atoms with van der Waals surface area (Å²) in [5.74, 6) is 0. The van der Waals surface area contributed by atoms with Gasteiger partial charge in [0.25, 0.3) is 5.69 Å². The number of hydrogen-bond acceptors (Lipinski definition) is 5.